The molecule has 2 aliphatic carbocycles. The van der Waals surface area contributed by atoms with Crippen molar-refractivity contribution in [2.45, 2.75) is 95.8 Å². The zero-order valence-electron chi connectivity index (χ0n) is 19.4. The van der Waals surface area contributed by atoms with Gasteiger partial charge in [0.05, 0.1) is 0 Å². The van der Waals surface area contributed by atoms with E-state index in [1.165, 1.54) is 50.5 Å². The monoisotopic (exact) mass is 435 g/mol. The Bertz CT molecular complexity index is 906. The Balaban J connectivity index is 1.27. The lowest BCUT2D eigenvalue weighted by molar-refractivity contribution is -0.126. The normalized spacial score (nSPS) is 29.1. The first-order valence-electron chi connectivity index (χ1n) is 12.7. The summed E-state index contributed by atoms with van der Waals surface area (Å²) in [6, 6.07) is 7.29. The van der Waals surface area contributed by atoms with Crippen LogP contribution in [0.15, 0.2) is 30.5 Å². The van der Waals surface area contributed by atoms with Crippen molar-refractivity contribution in [2.24, 2.45) is 11.8 Å². The molecule has 172 valence electrons. The maximum atomic E-state index is 13.0. The van der Waals surface area contributed by atoms with Crippen molar-refractivity contribution in [1.82, 2.24) is 15.5 Å². The summed E-state index contributed by atoms with van der Waals surface area (Å²) in [5, 5.41) is 6.86. The van der Waals surface area contributed by atoms with Crippen molar-refractivity contribution in [1.29, 1.82) is 0 Å². The lowest BCUT2D eigenvalue weighted by Gasteiger charge is -2.35. The third-order valence-corrected chi connectivity index (χ3v) is 8.17. The minimum Gasteiger partial charge on any atom is -0.329 e. The van der Waals surface area contributed by atoms with E-state index in [9.17, 15) is 9.59 Å². The molecule has 5 heteroatoms. The van der Waals surface area contributed by atoms with Gasteiger partial charge in [0.2, 0.25) is 5.91 Å². The molecule has 2 heterocycles. The summed E-state index contributed by atoms with van der Waals surface area (Å²) in [7, 11) is 0. The molecule has 1 aromatic carbocycles. The number of nitrogens with one attached hydrogen (secondary N) is 2. The van der Waals surface area contributed by atoms with Gasteiger partial charge in [-0.25, -0.2) is 0 Å². The van der Waals surface area contributed by atoms with Crippen LogP contribution in [-0.2, 0) is 17.8 Å². The van der Waals surface area contributed by atoms with Gasteiger partial charge < -0.3 is 15.5 Å². The predicted molar refractivity (Wildman–Crippen MR) is 126 cm³/mol. The Morgan fingerprint density at radius 3 is 2.72 bits per heavy atom. The molecule has 2 aliphatic heterocycles. The molecule has 2 saturated carbocycles. The van der Waals surface area contributed by atoms with E-state index >= 15 is 0 Å². The number of fused-ring (bicyclic) bond motifs is 1. The van der Waals surface area contributed by atoms with Crippen LogP contribution in [0.4, 0.5) is 0 Å². The topological polar surface area (TPSA) is 61.4 Å². The molecular formula is C27H37N3O2. The first-order valence-corrected chi connectivity index (χ1v) is 12.7. The van der Waals surface area contributed by atoms with Crippen molar-refractivity contribution in [3.63, 3.8) is 0 Å². The molecule has 5 nitrogen and oxygen atoms in total. The molecule has 5 rings (SSSR count). The van der Waals surface area contributed by atoms with Gasteiger partial charge in [-0.1, -0.05) is 38.5 Å². The number of hydrogen-bond donors (Lipinski definition) is 2. The molecular weight excluding hydrogens is 398 g/mol. The molecule has 4 aliphatic rings. The molecule has 2 amide bonds. The number of amides is 2. The molecule has 0 radical (unpaired) electrons. The number of benzene rings is 1. The number of carbonyl (C=O) groups excluding carboxylic acids is 2. The van der Waals surface area contributed by atoms with E-state index < -0.39 is 0 Å². The maximum Gasteiger partial charge on any atom is 0.255 e. The summed E-state index contributed by atoms with van der Waals surface area (Å²) in [4.78, 5) is 27.2. The molecule has 0 bridgehead atoms. The Kier molecular flexibility index (Phi) is 6.11. The fourth-order valence-electron chi connectivity index (χ4n) is 6.17. The maximum absolute atomic E-state index is 13.0. The first kappa shape index (κ1) is 21.7. The minimum absolute atomic E-state index is 0.00774. The van der Waals surface area contributed by atoms with Gasteiger partial charge in [-0.2, -0.15) is 0 Å². The van der Waals surface area contributed by atoms with Crippen LogP contribution < -0.4 is 10.6 Å². The van der Waals surface area contributed by atoms with Gasteiger partial charge in [0, 0.05) is 29.9 Å². The number of nitrogens with zero attached hydrogens (tertiary/aromatic N) is 1. The molecule has 1 unspecified atom stereocenters. The SMILES string of the molecule is C=C1CCC(N2Cc3cc(C[C@H]4CCCC[C@@H]4N[C@H](CC)C4CC4)ccc3C2=O)C(=O)N1. The van der Waals surface area contributed by atoms with Crippen LogP contribution in [0.25, 0.3) is 0 Å². The zero-order chi connectivity index (χ0) is 22.2. The minimum atomic E-state index is -0.385. The summed E-state index contributed by atoms with van der Waals surface area (Å²) < 4.78 is 0. The van der Waals surface area contributed by atoms with E-state index in [1.807, 2.05) is 6.07 Å². The second kappa shape index (κ2) is 9.01. The predicted octanol–water partition coefficient (Wildman–Crippen LogP) is 4.31. The second-order valence-electron chi connectivity index (χ2n) is 10.4. The summed E-state index contributed by atoms with van der Waals surface area (Å²) in [6.07, 6.45) is 11.7. The van der Waals surface area contributed by atoms with Crippen LogP contribution in [-0.4, -0.2) is 34.8 Å². The zero-order valence-corrected chi connectivity index (χ0v) is 19.4. The Hall–Kier alpha value is -2.14. The number of carbonyl (C=O) groups is 2. The first-order chi connectivity index (χ1) is 15.5. The highest BCUT2D eigenvalue weighted by Crippen LogP contribution is 2.37. The average molecular weight is 436 g/mol. The highest BCUT2D eigenvalue weighted by molar-refractivity contribution is 6.01. The van der Waals surface area contributed by atoms with Crippen molar-refractivity contribution in [3.8, 4) is 0 Å². The molecule has 4 atom stereocenters. The van der Waals surface area contributed by atoms with Gasteiger partial charge in [0.15, 0.2) is 0 Å². The van der Waals surface area contributed by atoms with Crippen LogP contribution >= 0.6 is 0 Å². The van der Waals surface area contributed by atoms with E-state index in [0.717, 1.165) is 35.6 Å². The molecule has 3 fully saturated rings. The third-order valence-electron chi connectivity index (χ3n) is 8.17. The molecule has 0 aromatic heterocycles. The number of hydrogen-bond acceptors (Lipinski definition) is 3. The Morgan fingerprint density at radius 2 is 1.97 bits per heavy atom. The van der Waals surface area contributed by atoms with Gasteiger partial charge in [-0.15, -0.1) is 0 Å². The summed E-state index contributed by atoms with van der Waals surface area (Å²) in [5.41, 5.74) is 3.93. The third kappa shape index (κ3) is 4.36. The van der Waals surface area contributed by atoms with Crippen LogP contribution in [0, 0.1) is 11.8 Å². The number of piperidine rings is 1. The van der Waals surface area contributed by atoms with E-state index in [2.05, 4.69) is 36.3 Å². The van der Waals surface area contributed by atoms with Gasteiger partial charge in [-0.3, -0.25) is 9.59 Å². The lowest BCUT2D eigenvalue weighted by atomic mass is 9.80. The van der Waals surface area contributed by atoms with Gasteiger partial charge >= 0.3 is 0 Å². The molecule has 1 saturated heterocycles. The van der Waals surface area contributed by atoms with E-state index in [-0.39, 0.29) is 17.9 Å². The quantitative estimate of drug-likeness (QED) is 0.671. The van der Waals surface area contributed by atoms with Crippen molar-refractivity contribution >= 4 is 11.8 Å². The fourth-order valence-corrected chi connectivity index (χ4v) is 6.17. The highest BCUT2D eigenvalue weighted by Gasteiger charge is 2.38. The Morgan fingerprint density at radius 1 is 1.16 bits per heavy atom. The van der Waals surface area contributed by atoms with Crippen molar-refractivity contribution in [3.05, 3.63) is 47.2 Å². The number of rotatable bonds is 7. The largest absolute Gasteiger partial charge is 0.329 e. The molecule has 0 spiro atoms. The molecule has 2 N–H and O–H groups in total. The molecule has 1 aromatic rings. The van der Waals surface area contributed by atoms with Gasteiger partial charge in [-0.05, 0) is 80.4 Å². The van der Waals surface area contributed by atoms with Crippen molar-refractivity contribution in [2.75, 3.05) is 0 Å². The van der Waals surface area contributed by atoms with E-state index in [0.29, 0.717) is 31.0 Å². The second-order valence-corrected chi connectivity index (χ2v) is 10.4. The smallest absolute Gasteiger partial charge is 0.255 e. The Labute approximate surface area is 192 Å². The lowest BCUT2D eigenvalue weighted by Crippen LogP contribution is -2.49. The highest BCUT2D eigenvalue weighted by atomic mass is 16.2. The molecule has 32 heavy (non-hydrogen) atoms. The van der Waals surface area contributed by atoms with Crippen LogP contribution in [0.2, 0.25) is 0 Å². The fraction of sp³-hybridized carbons (Fsp3) is 0.630. The number of allylic oxidation sites excluding steroid dienone is 1. The van der Waals surface area contributed by atoms with E-state index in [1.54, 1.807) is 4.90 Å². The van der Waals surface area contributed by atoms with E-state index in [4.69, 9.17) is 0 Å². The van der Waals surface area contributed by atoms with Crippen molar-refractivity contribution < 1.29 is 9.59 Å². The standard InChI is InChI=1S/C27H37N3O2/c1-3-23(19-10-11-19)29-24-7-5-4-6-20(24)14-18-9-12-22-21(15-18)16-30(27(22)32)25-13-8-17(2)28-26(25)31/h9,12,15,19-20,23-25,29H,2-8,10-11,13-14,16H2,1H3,(H,28,31)/t20-,23-,24+,25?/m1/s1. The van der Waals surface area contributed by atoms with Gasteiger partial charge in [0.25, 0.3) is 5.91 Å². The van der Waals surface area contributed by atoms with Crippen LogP contribution in [0.5, 0.6) is 0 Å². The summed E-state index contributed by atoms with van der Waals surface area (Å²) >= 11 is 0. The van der Waals surface area contributed by atoms with Crippen LogP contribution in [0.1, 0.15) is 86.2 Å². The van der Waals surface area contributed by atoms with Crippen LogP contribution in [0.3, 0.4) is 0 Å². The average Bonchev–Trinajstić information content (AvgIpc) is 3.57. The summed E-state index contributed by atoms with van der Waals surface area (Å²) in [5.74, 6) is 1.46. The summed E-state index contributed by atoms with van der Waals surface area (Å²) in [6.45, 7) is 6.71. The van der Waals surface area contributed by atoms with Gasteiger partial charge in [0.1, 0.15) is 6.04 Å².